The molecule has 0 aliphatic rings. The molecule has 0 radical (unpaired) electrons. The number of rotatable bonds is 7. The van der Waals surface area contributed by atoms with Crippen LogP contribution in [0.15, 0.2) is 23.1 Å². The molecule has 112 valence electrons. The van der Waals surface area contributed by atoms with E-state index in [4.69, 9.17) is 9.84 Å². The van der Waals surface area contributed by atoms with Gasteiger partial charge in [-0.2, -0.15) is 0 Å². The second-order valence-electron chi connectivity index (χ2n) is 4.12. The van der Waals surface area contributed by atoms with Crippen LogP contribution in [0.1, 0.15) is 16.8 Å². The quantitative estimate of drug-likeness (QED) is 0.765. The highest BCUT2D eigenvalue weighted by Gasteiger charge is 2.26. The molecule has 0 aliphatic carbocycles. The van der Waals surface area contributed by atoms with Gasteiger partial charge in [0, 0.05) is 27.3 Å². The molecule has 1 N–H and O–H groups in total. The Morgan fingerprint density at radius 3 is 2.65 bits per heavy atom. The normalized spacial score (nSPS) is 11.8. The van der Waals surface area contributed by atoms with Crippen molar-refractivity contribution in [3.05, 3.63) is 29.6 Å². The van der Waals surface area contributed by atoms with Crippen LogP contribution in [0.2, 0.25) is 0 Å². The fraction of sp³-hybridized carbons (Fsp3) is 0.417. The van der Waals surface area contributed by atoms with Gasteiger partial charge in [-0.05, 0) is 24.6 Å². The van der Waals surface area contributed by atoms with E-state index in [1.54, 1.807) is 0 Å². The molecule has 0 bridgehead atoms. The van der Waals surface area contributed by atoms with Gasteiger partial charge in [-0.1, -0.05) is 0 Å². The Kier molecular flexibility index (Phi) is 5.61. The highest BCUT2D eigenvalue weighted by atomic mass is 32.2. The lowest BCUT2D eigenvalue weighted by molar-refractivity contribution is 0.0692. The fourth-order valence-corrected chi connectivity index (χ4v) is 3.01. The number of ether oxygens (including phenoxy) is 1. The zero-order chi connectivity index (χ0) is 15.3. The van der Waals surface area contributed by atoms with E-state index in [9.17, 15) is 17.6 Å². The summed E-state index contributed by atoms with van der Waals surface area (Å²) in [6, 6.07) is 2.56. The summed E-state index contributed by atoms with van der Waals surface area (Å²) in [7, 11) is -1.26. The predicted molar refractivity (Wildman–Crippen MR) is 69.7 cm³/mol. The zero-order valence-electron chi connectivity index (χ0n) is 11.2. The van der Waals surface area contributed by atoms with Crippen molar-refractivity contribution in [3.8, 4) is 0 Å². The van der Waals surface area contributed by atoms with Crippen LogP contribution in [0.4, 0.5) is 4.39 Å². The van der Waals surface area contributed by atoms with Gasteiger partial charge in [0.2, 0.25) is 10.0 Å². The smallest absolute Gasteiger partial charge is 0.337 e. The van der Waals surface area contributed by atoms with E-state index < -0.39 is 32.3 Å². The number of sulfonamides is 1. The van der Waals surface area contributed by atoms with Crippen LogP contribution < -0.4 is 0 Å². The third kappa shape index (κ3) is 3.75. The van der Waals surface area contributed by atoms with Crippen molar-refractivity contribution in [2.24, 2.45) is 0 Å². The van der Waals surface area contributed by atoms with Crippen molar-refractivity contribution in [2.45, 2.75) is 11.3 Å². The lowest BCUT2D eigenvalue weighted by Crippen LogP contribution is -2.30. The molecule has 0 aliphatic heterocycles. The molecule has 20 heavy (non-hydrogen) atoms. The lowest BCUT2D eigenvalue weighted by atomic mass is 10.2. The molecule has 8 heteroatoms. The highest BCUT2D eigenvalue weighted by Crippen LogP contribution is 2.21. The van der Waals surface area contributed by atoms with Crippen molar-refractivity contribution in [1.29, 1.82) is 0 Å². The Labute approximate surface area is 116 Å². The summed E-state index contributed by atoms with van der Waals surface area (Å²) in [6.07, 6.45) is 0.448. The first-order chi connectivity index (χ1) is 9.30. The van der Waals surface area contributed by atoms with E-state index >= 15 is 0 Å². The predicted octanol–water partition coefficient (Wildman–Crippen LogP) is 1.18. The van der Waals surface area contributed by atoms with E-state index in [0.29, 0.717) is 19.1 Å². The molecule has 0 spiro atoms. The number of carbonyl (C=O) groups is 1. The summed E-state index contributed by atoms with van der Waals surface area (Å²) in [5.74, 6) is -2.23. The fourth-order valence-electron chi connectivity index (χ4n) is 1.61. The summed E-state index contributed by atoms with van der Waals surface area (Å²) in [5, 5.41) is 8.99. The minimum atomic E-state index is -4.06. The number of carboxylic acid groups (broad SMARTS) is 1. The highest BCUT2D eigenvalue weighted by molar-refractivity contribution is 7.89. The molecule has 1 aromatic carbocycles. The topological polar surface area (TPSA) is 83.9 Å². The van der Waals surface area contributed by atoms with Crippen LogP contribution in [0.25, 0.3) is 0 Å². The Morgan fingerprint density at radius 1 is 1.45 bits per heavy atom. The van der Waals surface area contributed by atoms with E-state index in [2.05, 4.69) is 0 Å². The number of hydrogen-bond donors (Lipinski definition) is 1. The molecule has 0 aromatic heterocycles. The van der Waals surface area contributed by atoms with Gasteiger partial charge in [0.15, 0.2) is 0 Å². The van der Waals surface area contributed by atoms with E-state index in [0.717, 1.165) is 16.4 Å². The van der Waals surface area contributed by atoms with Crippen LogP contribution in [-0.2, 0) is 14.8 Å². The summed E-state index contributed by atoms with van der Waals surface area (Å²) in [4.78, 5) is 10.5. The number of aromatic carboxylic acids is 1. The second kappa shape index (κ2) is 6.78. The van der Waals surface area contributed by atoms with Crippen LogP contribution >= 0.6 is 0 Å². The SMILES string of the molecule is COCCCN(C)S(=O)(=O)c1cc(F)ccc1C(=O)O. The molecule has 0 saturated heterocycles. The van der Waals surface area contributed by atoms with E-state index in [1.807, 2.05) is 0 Å². The number of halogens is 1. The first kappa shape index (κ1) is 16.5. The molecule has 0 atom stereocenters. The van der Waals surface area contributed by atoms with Gasteiger partial charge >= 0.3 is 5.97 Å². The van der Waals surface area contributed by atoms with Gasteiger partial charge in [0.1, 0.15) is 5.82 Å². The van der Waals surface area contributed by atoms with Crippen molar-refractivity contribution < 1.29 is 27.4 Å². The van der Waals surface area contributed by atoms with Crippen molar-refractivity contribution in [2.75, 3.05) is 27.3 Å². The number of carboxylic acids is 1. The number of nitrogens with zero attached hydrogens (tertiary/aromatic N) is 1. The molecule has 0 amide bonds. The molecule has 1 aromatic rings. The largest absolute Gasteiger partial charge is 0.478 e. The third-order valence-electron chi connectivity index (χ3n) is 2.68. The number of methoxy groups -OCH3 is 1. The van der Waals surface area contributed by atoms with Gasteiger partial charge in [-0.15, -0.1) is 0 Å². The molecule has 0 heterocycles. The van der Waals surface area contributed by atoms with Gasteiger partial charge in [0.05, 0.1) is 10.5 Å². The maximum absolute atomic E-state index is 13.2. The molecule has 0 saturated carbocycles. The summed E-state index contributed by atoms with van der Waals surface area (Å²) in [5.41, 5.74) is -0.454. The second-order valence-corrected chi connectivity index (χ2v) is 6.13. The van der Waals surface area contributed by atoms with E-state index in [1.165, 1.54) is 14.2 Å². The maximum Gasteiger partial charge on any atom is 0.337 e. The number of benzene rings is 1. The molecule has 1 rings (SSSR count). The van der Waals surface area contributed by atoms with Crippen LogP contribution in [0.3, 0.4) is 0 Å². The zero-order valence-corrected chi connectivity index (χ0v) is 12.0. The Hall–Kier alpha value is -1.51. The number of hydrogen-bond acceptors (Lipinski definition) is 4. The van der Waals surface area contributed by atoms with Gasteiger partial charge in [0.25, 0.3) is 0 Å². The first-order valence-electron chi connectivity index (χ1n) is 5.79. The van der Waals surface area contributed by atoms with Crippen LogP contribution in [0, 0.1) is 5.82 Å². The van der Waals surface area contributed by atoms with Crippen molar-refractivity contribution in [1.82, 2.24) is 4.31 Å². The van der Waals surface area contributed by atoms with E-state index in [-0.39, 0.29) is 6.54 Å². The average molecular weight is 305 g/mol. The Morgan fingerprint density at radius 2 is 2.10 bits per heavy atom. The molecule has 0 fully saturated rings. The Bertz CT molecular complexity index is 588. The molecule has 0 unspecified atom stereocenters. The minimum Gasteiger partial charge on any atom is -0.478 e. The molecular weight excluding hydrogens is 289 g/mol. The maximum atomic E-state index is 13.2. The van der Waals surface area contributed by atoms with Crippen molar-refractivity contribution >= 4 is 16.0 Å². The molecular formula is C12H16FNO5S. The third-order valence-corrected chi connectivity index (χ3v) is 4.58. The minimum absolute atomic E-state index is 0.145. The first-order valence-corrected chi connectivity index (χ1v) is 7.23. The standard InChI is InChI=1S/C12H16FNO5S/c1-14(6-3-7-19-2)20(17,18)11-8-9(13)4-5-10(11)12(15)16/h4-5,8H,3,6-7H2,1-2H3,(H,15,16). The van der Waals surface area contributed by atoms with Gasteiger partial charge < -0.3 is 9.84 Å². The summed E-state index contributed by atoms with van der Waals surface area (Å²) in [6.45, 7) is 0.514. The summed E-state index contributed by atoms with van der Waals surface area (Å²) >= 11 is 0. The average Bonchev–Trinajstić information content (AvgIpc) is 2.38. The molecule has 6 nitrogen and oxygen atoms in total. The Balaban J connectivity index is 3.14. The van der Waals surface area contributed by atoms with Crippen LogP contribution in [0.5, 0.6) is 0 Å². The van der Waals surface area contributed by atoms with Crippen LogP contribution in [-0.4, -0.2) is 51.1 Å². The van der Waals surface area contributed by atoms with Gasteiger partial charge in [-0.25, -0.2) is 21.9 Å². The lowest BCUT2D eigenvalue weighted by Gasteiger charge is -2.18. The van der Waals surface area contributed by atoms with Crippen molar-refractivity contribution in [3.63, 3.8) is 0 Å². The summed E-state index contributed by atoms with van der Waals surface area (Å²) < 4.78 is 43.5. The monoisotopic (exact) mass is 305 g/mol. The van der Waals surface area contributed by atoms with Gasteiger partial charge in [-0.3, -0.25) is 0 Å².